The number of nitrogens with zero attached hydrogens (tertiary/aromatic N) is 3. The number of carbonyl (C=O) groups is 1. The van der Waals surface area contributed by atoms with Crippen LogP contribution in [-0.2, 0) is 26.1 Å². The second kappa shape index (κ2) is 10.3. The molecule has 3 rings (SSSR count). The van der Waals surface area contributed by atoms with E-state index >= 15 is 0 Å². The Bertz CT molecular complexity index is 1180. The fourth-order valence-corrected chi connectivity index (χ4v) is 6.54. The molecule has 1 atom stereocenters. The highest BCUT2D eigenvalue weighted by Crippen LogP contribution is 2.40. The summed E-state index contributed by atoms with van der Waals surface area (Å²) in [4.78, 5) is 15.3. The first-order valence-corrected chi connectivity index (χ1v) is 13.4. The van der Waals surface area contributed by atoms with E-state index in [0.29, 0.717) is 28.3 Å². The molecule has 1 amide bonds. The molecule has 0 saturated carbocycles. The Morgan fingerprint density at radius 1 is 1.17 bits per heavy atom. The van der Waals surface area contributed by atoms with Gasteiger partial charge < -0.3 is 18.9 Å². The molecule has 1 aromatic carbocycles. The van der Waals surface area contributed by atoms with E-state index in [0.717, 1.165) is 17.8 Å². The Kier molecular flexibility index (Phi) is 8.03. The lowest BCUT2D eigenvalue weighted by Crippen LogP contribution is -2.48. The first kappa shape index (κ1) is 27.2. The number of fused-ring (bicyclic) bond motifs is 1. The quantitative estimate of drug-likeness (QED) is 0.511. The smallest absolute Gasteiger partial charge is 0.249 e. The second-order valence-corrected chi connectivity index (χ2v) is 12.3. The maximum Gasteiger partial charge on any atom is 0.249 e. The summed E-state index contributed by atoms with van der Waals surface area (Å²) in [5.41, 5.74) is 3.10. The van der Waals surface area contributed by atoms with Crippen LogP contribution in [0.1, 0.15) is 49.2 Å². The molecule has 0 fully saturated rings. The molecule has 0 bridgehead atoms. The van der Waals surface area contributed by atoms with Crippen LogP contribution in [0.25, 0.3) is 0 Å². The van der Waals surface area contributed by atoms with E-state index in [1.54, 1.807) is 27.0 Å². The third-order valence-corrected chi connectivity index (χ3v) is 8.97. The molecule has 0 aliphatic carbocycles. The first-order valence-electron chi connectivity index (χ1n) is 11.9. The fraction of sp³-hybridized carbons (Fsp3) is 0.577. The summed E-state index contributed by atoms with van der Waals surface area (Å²) in [6.45, 7) is 13.4. The molecule has 2 aromatic rings. The van der Waals surface area contributed by atoms with Gasteiger partial charge in [0.2, 0.25) is 15.9 Å². The van der Waals surface area contributed by atoms with E-state index in [1.807, 2.05) is 17.9 Å². The van der Waals surface area contributed by atoms with Crippen molar-refractivity contribution in [1.82, 2.24) is 13.8 Å². The minimum Gasteiger partial charge on any atom is -0.496 e. The average Bonchev–Trinajstić information content (AvgIpc) is 3.25. The van der Waals surface area contributed by atoms with Gasteiger partial charge in [0, 0.05) is 38.6 Å². The van der Waals surface area contributed by atoms with Gasteiger partial charge in [0.05, 0.1) is 24.7 Å². The lowest BCUT2D eigenvalue weighted by atomic mass is 9.82. The number of carbonyl (C=O) groups excluding carboxylic acids is 1. The van der Waals surface area contributed by atoms with E-state index in [1.165, 1.54) is 11.4 Å². The summed E-state index contributed by atoms with van der Waals surface area (Å²) in [6.07, 6.45) is 2.05. The Morgan fingerprint density at radius 2 is 1.86 bits per heavy atom. The van der Waals surface area contributed by atoms with Crippen molar-refractivity contribution >= 4 is 15.9 Å². The summed E-state index contributed by atoms with van der Waals surface area (Å²) in [7, 11) is -0.615. The fourth-order valence-electron chi connectivity index (χ4n) is 4.90. The number of rotatable bonds is 8. The van der Waals surface area contributed by atoms with Crippen molar-refractivity contribution in [3.8, 4) is 5.75 Å². The molecule has 1 unspecified atom stereocenters. The van der Waals surface area contributed by atoms with Crippen molar-refractivity contribution in [3.05, 3.63) is 46.8 Å². The number of likely N-dealkylation sites (N-methyl/N-ethyl adjacent to an activating group) is 1. The number of aryl methyl sites for hydroxylation is 1. The molecule has 0 radical (unpaired) electrons. The SMILES string of the molecule is COc1cc(C)c(S(=O)(=O)N(C)CCOCC(=O)N2CCn3cccc3C2C(C)(C)C)c(C)c1C. The molecule has 1 aliphatic heterocycles. The minimum absolute atomic E-state index is 0.0466. The van der Waals surface area contributed by atoms with E-state index in [2.05, 4.69) is 37.6 Å². The molecule has 0 spiro atoms. The van der Waals surface area contributed by atoms with Gasteiger partial charge in [0.1, 0.15) is 12.4 Å². The van der Waals surface area contributed by atoms with Crippen molar-refractivity contribution in [2.45, 2.75) is 59.0 Å². The van der Waals surface area contributed by atoms with Gasteiger partial charge in [-0.3, -0.25) is 4.79 Å². The average molecular weight is 506 g/mol. The number of ether oxygens (including phenoxy) is 2. The highest BCUT2D eigenvalue weighted by molar-refractivity contribution is 7.89. The van der Waals surface area contributed by atoms with Crippen molar-refractivity contribution in [2.24, 2.45) is 5.41 Å². The van der Waals surface area contributed by atoms with Gasteiger partial charge in [-0.1, -0.05) is 20.8 Å². The lowest BCUT2D eigenvalue weighted by molar-refractivity contribution is -0.142. The van der Waals surface area contributed by atoms with Gasteiger partial charge in [-0.2, -0.15) is 4.31 Å². The molecular weight excluding hydrogens is 466 g/mol. The van der Waals surface area contributed by atoms with E-state index in [4.69, 9.17) is 9.47 Å². The van der Waals surface area contributed by atoms with Crippen LogP contribution in [0.4, 0.5) is 0 Å². The Hall–Kier alpha value is -2.36. The Balaban J connectivity index is 1.63. The maximum absolute atomic E-state index is 13.3. The highest BCUT2D eigenvalue weighted by Gasteiger charge is 2.38. The molecule has 35 heavy (non-hydrogen) atoms. The van der Waals surface area contributed by atoms with Gasteiger partial charge in [0.15, 0.2) is 0 Å². The minimum atomic E-state index is -3.72. The van der Waals surface area contributed by atoms with Gasteiger partial charge in [0.25, 0.3) is 0 Å². The lowest BCUT2D eigenvalue weighted by Gasteiger charge is -2.44. The van der Waals surface area contributed by atoms with Crippen LogP contribution in [0.15, 0.2) is 29.3 Å². The number of hydrogen-bond donors (Lipinski definition) is 0. The third kappa shape index (κ3) is 5.42. The molecule has 2 heterocycles. The number of benzene rings is 1. The topological polar surface area (TPSA) is 81.1 Å². The van der Waals surface area contributed by atoms with Crippen molar-refractivity contribution in [1.29, 1.82) is 0 Å². The van der Waals surface area contributed by atoms with Crippen molar-refractivity contribution < 1.29 is 22.7 Å². The molecule has 1 aromatic heterocycles. The van der Waals surface area contributed by atoms with Gasteiger partial charge >= 0.3 is 0 Å². The van der Waals surface area contributed by atoms with Gasteiger partial charge in [-0.05, 0) is 61.1 Å². The van der Waals surface area contributed by atoms with Crippen molar-refractivity contribution in [2.75, 3.05) is 40.5 Å². The predicted octanol–water partition coefficient (Wildman–Crippen LogP) is 3.69. The Morgan fingerprint density at radius 3 is 2.49 bits per heavy atom. The highest BCUT2D eigenvalue weighted by atomic mass is 32.2. The summed E-state index contributed by atoms with van der Waals surface area (Å²) in [5, 5.41) is 0. The zero-order valence-corrected chi connectivity index (χ0v) is 23.0. The number of methoxy groups -OCH3 is 1. The number of hydrogen-bond acceptors (Lipinski definition) is 5. The van der Waals surface area contributed by atoms with Crippen LogP contribution in [0.2, 0.25) is 0 Å². The van der Waals surface area contributed by atoms with Crippen molar-refractivity contribution in [3.63, 3.8) is 0 Å². The molecule has 9 heteroatoms. The van der Waals surface area contributed by atoms with Crippen LogP contribution >= 0.6 is 0 Å². The molecule has 1 aliphatic rings. The summed E-state index contributed by atoms with van der Waals surface area (Å²) < 4.78 is 41.1. The van der Waals surface area contributed by atoms with Crippen LogP contribution in [0.5, 0.6) is 5.75 Å². The second-order valence-electron chi connectivity index (χ2n) is 10.3. The zero-order valence-electron chi connectivity index (χ0n) is 22.2. The molecule has 194 valence electrons. The molecule has 0 N–H and O–H groups in total. The standard InChI is InChI=1S/C26H39N3O5S/c1-18-16-22(33-8)19(2)20(3)24(18)35(31,32)27(7)14-15-34-17-23(30)29-13-12-28-11-9-10-21(28)25(29)26(4,5)6/h9-11,16,25H,12-15,17H2,1-8H3. The third-order valence-electron chi connectivity index (χ3n) is 6.82. The first-order chi connectivity index (χ1) is 16.3. The number of amides is 1. The Labute approximate surface area is 209 Å². The number of aromatic nitrogens is 1. The zero-order chi connectivity index (χ0) is 26.1. The predicted molar refractivity (Wildman–Crippen MR) is 136 cm³/mol. The molecule has 8 nitrogen and oxygen atoms in total. The van der Waals surface area contributed by atoms with Crippen LogP contribution in [0.3, 0.4) is 0 Å². The molecular formula is C26H39N3O5S. The van der Waals surface area contributed by atoms with E-state index in [-0.39, 0.29) is 37.1 Å². The normalized spacial score (nSPS) is 16.5. The van der Waals surface area contributed by atoms with Gasteiger partial charge in [-0.15, -0.1) is 0 Å². The van der Waals surface area contributed by atoms with Crippen LogP contribution < -0.4 is 4.74 Å². The van der Waals surface area contributed by atoms with E-state index < -0.39 is 10.0 Å². The molecule has 0 saturated heterocycles. The largest absolute Gasteiger partial charge is 0.496 e. The summed E-state index contributed by atoms with van der Waals surface area (Å²) >= 11 is 0. The van der Waals surface area contributed by atoms with Crippen LogP contribution in [0, 0.1) is 26.2 Å². The monoisotopic (exact) mass is 505 g/mol. The summed E-state index contributed by atoms with van der Waals surface area (Å²) in [5.74, 6) is 0.586. The number of sulfonamides is 1. The summed E-state index contributed by atoms with van der Waals surface area (Å²) in [6, 6.07) is 5.79. The van der Waals surface area contributed by atoms with E-state index in [9.17, 15) is 13.2 Å². The van der Waals surface area contributed by atoms with Crippen LogP contribution in [-0.4, -0.2) is 68.6 Å². The van der Waals surface area contributed by atoms with Gasteiger partial charge in [-0.25, -0.2) is 8.42 Å². The maximum atomic E-state index is 13.3.